The van der Waals surface area contributed by atoms with E-state index >= 15 is 0 Å². The Morgan fingerprint density at radius 3 is 2.75 bits per heavy atom. The zero-order chi connectivity index (χ0) is 14.1. The lowest BCUT2D eigenvalue weighted by molar-refractivity contribution is -0.130. The highest BCUT2D eigenvalue weighted by atomic mass is 35.5. The van der Waals surface area contributed by atoms with Crippen molar-refractivity contribution in [1.82, 2.24) is 4.90 Å². The molecule has 3 rings (SSSR count). The molecular formula is C16H21ClN2O. The number of likely N-dealkylation sites (tertiary alicyclic amines) is 1. The molecule has 0 unspecified atom stereocenters. The highest BCUT2D eigenvalue weighted by molar-refractivity contribution is 6.31. The molecule has 1 saturated heterocycles. The third kappa shape index (κ3) is 2.99. The van der Waals surface area contributed by atoms with Crippen LogP contribution in [0.2, 0.25) is 5.02 Å². The number of carbonyl (C=O) groups is 1. The average Bonchev–Trinajstić information content (AvgIpc) is 3.20. The number of hydrogen-bond donors (Lipinski definition) is 1. The van der Waals surface area contributed by atoms with Crippen molar-refractivity contribution in [3.63, 3.8) is 0 Å². The first-order chi connectivity index (χ1) is 9.65. The molecule has 1 aromatic rings. The fraction of sp³-hybridized carbons (Fsp3) is 0.562. The van der Waals surface area contributed by atoms with Crippen LogP contribution in [0.5, 0.6) is 0 Å². The molecule has 1 aliphatic heterocycles. The predicted molar refractivity (Wildman–Crippen MR) is 80.5 cm³/mol. The van der Waals surface area contributed by atoms with Gasteiger partial charge < -0.3 is 10.6 Å². The molecule has 0 radical (unpaired) electrons. The quantitative estimate of drug-likeness (QED) is 0.927. The van der Waals surface area contributed by atoms with Crippen LogP contribution in [0.15, 0.2) is 24.3 Å². The third-order valence-corrected chi connectivity index (χ3v) is 4.93. The highest BCUT2D eigenvalue weighted by Crippen LogP contribution is 2.40. The number of hydrogen-bond acceptors (Lipinski definition) is 2. The van der Waals surface area contributed by atoms with E-state index in [2.05, 4.69) is 0 Å². The first kappa shape index (κ1) is 13.9. The molecule has 4 heteroatoms. The Bertz CT molecular complexity index is 501. The first-order valence-electron chi connectivity index (χ1n) is 7.42. The second-order valence-electron chi connectivity index (χ2n) is 6.06. The summed E-state index contributed by atoms with van der Waals surface area (Å²) < 4.78 is 0. The van der Waals surface area contributed by atoms with E-state index in [0.717, 1.165) is 29.6 Å². The first-order valence-corrected chi connectivity index (χ1v) is 7.79. The van der Waals surface area contributed by atoms with E-state index in [9.17, 15) is 4.79 Å². The SMILES string of the molecule is N[C@@H]1CN(C(=O)CCc2ccccc2Cl)C[C@H]1C1CC1. The summed E-state index contributed by atoms with van der Waals surface area (Å²) in [5.41, 5.74) is 7.21. The van der Waals surface area contributed by atoms with Crippen LogP contribution in [0.25, 0.3) is 0 Å². The molecule has 1 aliphatic carbocycles. The number of halogens is 1. The molecule has 1 aromatic carbocycles. The molecule has 0 bridgehead atoms. The zero-order valence-electron chi connectivity index (χ0n) is 11.6. The number of rotatable bonds is 4. The second-order valence-corrected chi connectivity index (χ2v) is 6.46. The lowest BCUT2D eigenvalue weighted by Crippen LogP contribution is -2.32. The van der Waals surface area contributed by atoms with E-state index in [0.29, 0.717) is 18.8 Å². The van der Waals surface area contributed by atoms with Gasteiger partial charge >= 0.3 is 0 Å². The molecule has 1 heterocycles. The van der Waals surface area contributed by atoms with Crippen LogP contribution < -0.4 is 5.73 Å². The summed E-state index contributed by atoms with van der Waals surface area (Å²) in [6.45, 7) is 1.58. The maximum atomic E-state index is 12.3. The number of carbonyl (C=O) groups excluding carboxylic acids is 1. The fourth-order valence-electron chi connectivity index (χ4n) is 3.18. The summed E-state index contributed by atoms with van der Waals surface area (Å²) in [6, 6.07) is 7.90. The zero-order valence-corrected chi connectivity index (χ0v) is 12.4. The van der Waals surface area contributed by atoms with Crippen LogP contribution in [0, 0.1) is 11.8 Å². The molecule has 3 nitrogen and oxygen atoms in total. The molecule has 2 atom stereocenters. The van der Waals surface area contributed by atoms with Gasteiger partial charge in [-0.15, -0.1) is 0 Å². The van der Waals surface area contributed by atoms with Crippen LogP contribution in [0.4, 0.5) is 0 Å². The Morgan fingerprint density at radius 1 is 1.30 bits per heavy atom. The predicted octanol–water partition coefficient (Wildman–Crippen LogP) is 2.47. The summed E-state index contributed by atoms with van der Waals surface area (Å²) in [6.07, 6.45) is 3.81. The van der Waals surface area contributed by atoms with Crippen LogP contribution in [0.3, 0.4) is 0 Å². The number of aryl methyl sites for hydroxylation is 1. The molecule has 2 N–H and O–H groups in total. The van der Waals surface area contributed by atoms with Gasteiger partial charge in [0, 0.05) is 30.6 Å². The second kappa shape index (κ2) is 5.74. The Kier molecular flexibility index (Phi) is 3.99. The number of nitrogens with two attached hydrogens (primary N) is 1. The van der Waals surface area contributed by atoms with Crippen molar-refractivity contribution < 1.29 is 4.79 Å². The van der Waals surface area contributed by atoms with Crippen molar-refractivity contribution in [2.75, 3.05) is 13.1 Å². The molecule has 1 amide bonds. The summed E-state index contributed by atoms with van der Waals surface area (Å²) in [5, 5.41) is 0.745. The molecule has 108 valence electrons. The molecule has 1 saturated carbocycles. The van der Waals surface area contributed by atoms with Gasteiger partial charge in [0.05, 0.1) is 0 Å². The van der Waals surface area contributed by atoms with Crippen LogP contribution in [-0.4, -0.2) is 29.9 Å². The molecule has 0 spiro atoms. The normalized spacial score (nSPS) is 26.0. The maximum absolute atomic E-state index is 12.3. The largest absolute Gasteiger partial charge is 0.341 e. The van der Waals surface area contributed by atoms with E-state index in [1.807, 2.05) is 29.2 Å². The molecule has 20 heavy (non-hydrogen) atoms. The highest BCUT2D eigenvalue weighted by Gasteiger charge is 2.41. The Balaban J connectivity index is 1.53. The molecule has 0 aromatic heterocycles. The Hall–Kier alpha value is -1.06. The molecular weight excluding hydrogens is 272 g/mol. The van der Waals surface area contributed by atoms with Crippen molar-refractivity contribution in [2.24, 2.45) is 17.6 Å². The summed E-state index contributed by atoms with van der Waals surface area (Å²) >= 11 is 6.12. The van der Waals surface area contributed by atoms with Crippen molar-refractivity contribution in [2.45, 2.75) is 31.7 Å². The van der Waals surface area contributed by atoms with Crippen molar-refractivity contribution >= 4 is 17.5 Å². The van der Waals surface area contributed by atoms with E-state index in [1.54, 1.807) is 0 Å². The van der Waals surface area contributed by atoms with E-state index in [1.165, 1.54) is 12.8 Å². The van der Waals surface area contributed by atoms with Crippen LogP contribution >= 0.6 is 11.6 Å². The van der Waals surface area contributed by atoms with E-state index < -0.39 is 0 Å². The standard InChI is InChI=1S/C16H21ClN2O/c17-14-4-2-1-3-12(14)7-8-16(20)19-9-13(11-5-6-11)15(18)10-19/h1-4,11,13,15H,5-10,18H2/t13-,15+/m0/s1. The van der Waals surface area contributed by atoms with Gasteiger partial charge in [-0.2, -0.15) is 0 Å². The number of benzene rings is 1. The van der Waals surface area contributed by atoms with Crippen molar-refractivity contribution in [1.29, 1.82) is 0 Å². The molecule has 2 aliphatic rings. The van der Waals surface area contributed by atoms with Gasteiger partial charge in [0.1, 0.15) is 0 Å². The summed E-state index contributed by atoms with van der Waals surface area (Å²) in [7, 11) is 0. The minimum atomic E-state index is 0.173. The van der Waals surface area contributed by atoms with Gasteiger partial charge in [0.25, 0.3) is 0 Å². The van der Waals surface area contributed by atoms with Gasteiger partial charge in [0.15, 0.2) is 0 Å². The smallest absolute Gasteiger partial charge is 0.222 e. The Morgan fingerprint density at radius 2 is 2.05 bits per heavy atom. The average molecular weight is 293 g/mol. The van der Waals surface area contributed by atoms with Gasteiger partial charge in [-0.05, 0) is 42.7 Å². The minimum Gasteiger partial charge on any atom is -0.341 e. The molecule has 2 fully saturated rings. The summed E-state index contributed by atoms with van der Waals surface area (Å²) in [4.78, 5) is 14.2. The number of nitrogens with zero attached hydrogens (tertiary/aromatic N) is 1. The van der Waals surface area contributed by atoms with Gasteiger partial charge in [-0.25, -0.2) is 0 Å². The monoisotopic (exact) mass is 292 g/mol. The maximum Gasteiger partial charge on any atom is 0.222 e. The van der Waals surface area contributed by atoms with Gasteiger partial charge in [0.2, 0.25) is 5.91 Å². The third-order valence-electron chi connectivity index (χ3n) is 4.56. The minimum absolute atomic E-state index is 0.173. The van der Waals surface area contributed by atoms with Gasteiger partial charge in [-0.1, -0.05) is 29.8 Å². The summed E-state index contributed by atoms with van der Waals surface area (Å²) in [5.74, 6) is 1.51. The number of amides is 1. The lowest BCUT2D eigenvalue weighted by Gasteiger charge is -2.16. The van der Waals surface area contributed by atoms with E-state index in [4.69, 9.17) is 17.3 Å². The van der Waals surface area contributed by atoms with Crippen LogP contribution in [0.1, 0.15) is 24.8 Å². The van der Waals surface area contributed by atoms with Crippen molar-refractivity contribution in [3.8, 4) is 0 Å². The Labute approximate surface area is 125 Å². The lowest BCUT2D eigenvalue weighted by atomic mass is 9.99. The van der Waals surface area contributed by atoms with Crippen LogP contribution in [-0.2, 0) is 11.2 Å². The van der Waals surface area contributed by atoms with E-state index in [-0.39, 0.29) is 11.9 Å². The van der Waals surface area contributed by atoms with Gasteiger partial charge in [-0.3, -0.25) is 4.79 Å². The fourth-order valence-corrected chi connectivity index (χ4v) is 3.41. The van der Waals surface area contributed by atoms with Crippen molar-refractivity contribution in [3.05, 3.63) is 34.9 Å². The topological polar surface area (TPSA) is 46.3 Å².